The summed E-state index contributed by atoms with van der Waals surface area (Å²) < 4.78 is 14.6. The van der Waals surface area contributed by atoms with Crippen LogP contribution in [0.15, 0.2) is 40.2 Å². The van der Waals surface area contributed by atoms with Crippen molar-refractivity contribution in [1.82, 2.24) is 4.90 Å². The van der Waals surface area contributed by atoms with Crippen LogP contribution in [0.1, 0.15) is 29.8 Å². The van der Waals surface area contributed by atoms with E-state index in [2.05, 4.69) is 39.2 Å². The molecule has 1 heterocycles. The third-order valence-electron chi connectivity index (χ3n) is 3.57. The lowest BCUT2D eigenvalue weighted by Crippen LogP contribution is -2.38. The van der Waals surface area contributed by atoms with Gasteiger partial charge in [0.1, 0.15) is 5.82 Å². The van der Waals surface area contributed by atoms with Gasteiger partial charge in [-0.1, -0.05) is 19.1 Å². The zero-order valence-electron chi connectivity index (χ0n) is 12.2. The summed E-state index contributed by atoms with van der Waals surface area (Å²) in [5, 5.41) is 2.07. The molecule has 2 rings (SSSR count). The number of hydrogen-bond acceptors (Lipinski definition) is 3. The van der Waals surface area contributed by atoms with Gasteiger partial charge in [-0.2, -0.15) is 0 Å². The standard InChI is InChI=1S/C16H20BrFN2S/c1-3-15(19)16(11-5-4-6-13(18)7-11)20(2)9-14-8-12(17)10-21-14/h4-8,10,15-16H,3,9,19H2,1-2H3. The van der Waals surface area contributed by atoms with E-state index in [0.29, 0.717) is 0 Å². The summed E-state index contributed by atoms with van der Waals surface area (Å²) in [6.45, 7) is 2.86. The summed E-state index contributed by atoms with van der Waals surface area (Å²) in [5.74, 6) is -0.215. The first kappa shape index (κ1) is 16.6. The maximum absolute atomic E-state index is 13.5. The maximum Gasteiger partial charge on any atom is 0.123 e. The van der Waals surface area contributed by atoms with Crippen LogP contribution in [0, 0.1) is 5.82 Å². The molecule has 1 aromatic carbocycles. The monoisotopic (exact) mass is 370 g/mol. The number of nitrogens with zero attached hydrogens (tertiary/aromatic N) is 1. The minimum atomic E-state index is -0.215. The molecule has 2 nitrogen and oxygen atoms in total. The second-order valence-corrected chi connectivity index (χ2v) is 7.13. The van der Waals surface area contributed by atoms with Crippen molar-refractivity contribution in [2.24, 2.45) is 5.73 Å². The molecule has 1 aromatic heterocycles. The van der Waals surface area contributed by atoms with E-state index in [9.17, 15) is 4.39 Å². The molecule has 0 saturated carbocycles. The molecule has 0 aliphatic carbocycles. The number of benzene rings is 1. The fourth-order valence-corrected chi connectivity index (χ4v) is 4.04. The third kappa shape index (κ3) is 4.36. The summed E-state index contributed by atoms with van der Waals surface area (Å²) in [7, 11) is 2.04. The summed E-state index contributed by atoms with van der Waals surface area (Å²) in [6, 6.07) is 8.84. The van der Waals surface area contributed by atoms with Crippen molar-refractivity contribution in [3.8, 4) is 0 Å². The topological polar surface area (TPSA) is 29.3 Å². The molecule has 0 aliphatic rings. The normalized spacial score (nSPS) is 14.4. The van der Waals surface area contributed by atoms with Crippen LogP contribution in [-0.4, -0.2) is 18.0 Å². The van der Waals surface area contributed by atoms with Gasteiger partial charge in [0.25, 0.3) is 0 Å². The average molecular weight is 371 g/mol. The predicted octanol–water partition coefficient (Wildman–Crippen LogP) is 4.56. The number of rotatable bonds is 6. The maximum atomic E-state index is 13.5. The van der Waals surface area contributed by atoms with E-state index < -0.39 is 0 Å². The Hall–Kier alpha value is -0.750. The Morgan fingerprint density at radius 2 is 2.14 bits per heavy atom. The van der Waals surface area contributed by atoms with Crippen molar-refractivity contribution < 1.29 is 4.39 Å². The average Bonchev–Trinajstić information content (AvgIpc) is 2.84. The lowest BCUT2D eigenvalue weighted by molar-refractivity contribution is 0.203. The van der Waals surface area contributed by atoms with Gasteiger partial charge in [-0.3, -0.25) is 4.90 Å². The first-order valence-corrected chi connectivity index (χ1v) is 8.62. The van der Waals surface area contributed by atoms with Crippen molar-refractivity contribution in [1.29, 1.82) is 0 Å². The molecule has 2 atom stereocenters. The summed E-state index contributed by atoms with van der Waals surface area (Å²) >= 11 is 5.18. The second-order valence-electron chi connectivity index (χ2n) is 5.22. The number of nitrogens with two attached hydrogens (primary N) is 1. The summed E-state index contributed by atoms with van der Waals surface area (Å²) in [4.78, 5) is 3.45. The zero-order valence-corrected chi connectivity index (χ0v) is 14.6. The largest absolute Gasteiger partial charge is 0.326 e. The highest BCUT2D eigenvalue weighted by atomic mass is 79.9. The van der Waals surface area contributed by atoms with Crippen LogP contribution in [0.25, 0.3) is 0 Å². The first-order chi connectivity index (χ1) is 10.0. The lowest BCUT2D eigenvalue weighted by atomic mass is 9.96. The molecular formula is C16H20BrFN2S. The molecule has 21 heavy (non-hydrogen) atoms. The minimum absolute atomic E-state index is 0.00609. The highest BCUT2D eigenvalue weighted by Crippen LogP contribution is 2.28. The molecule has 2 N–H and O–H groups in total. The molecule has 0 spiro atoms. The van der Waals surface area contributed by atoms with Gasteiger partial charge in [0.05, 0.1) is 6.04 Å². The van der Waals surface area contributed by atoms with Crippen LogP contribution < -0.4 is 5.73 Å². The number of likely N-dealkylation sites (N-methyl/N-ethyl adjacent to an activating group) is 1. The van der Waals surface area contributed by atoms with Gasteiger partial charge in [-0.15, -0.1) is 11.3 Å². The van der Waals surface area contributed by atoms with Crippen molar-refractivity contribution in [2.75, 3.05) is 7.05 Å². The Bertz CT molecular complexity index is 587. The highest BCUT2D eigenvalue weighted by Gasteiger charge is 2.23. The molecular weight excluding hydrogens is 351 g/mol. The van der Waals surface area contributed by atoms with E-state index in [4.69, 9.17) is 5.73 Å². The SMILES string of the molecule is CCC(N)C(c1cccc(F)c1)N(C)Cc1cc(Br)cs1. The molecule has 0 amide bonds. The lowest BCUT2D eigenvalue weighted by Gasteiger charge is -2.32. The smallest absolute Gasteiger partial charge is 0.123 e. The van der Waals surface area contributed by atoms with Crippen molar-refractivity contribution >= 4 is 27.3 Å². The second kappa shape index (κ2) is 7.49. The Kier molecular flexibility index (Phi) is 5.93. The van der Waals surface area contributed by atoms with Gasteiger partial charge in [-0.05, 0) is 53.2 Å². The van der Waals surface area contributed by atoms with Gasteiger partial charge in [0.15, 0.2) is 0 Å². The van der Waals surface area contributed by atoms with Crippen LogP contribution in [0.3, 0.4) is 0 Å². The molecule has 5 heteroatoms. The van der Waals surface area contributed by atoms with Gasteiger partial charge >= 0.3 is 0 Å². The Morgan fingerprint density at radius 3 is 2.71 bits per heavy atom. The fraction of sp³-hybridized carbons (Fsp3) is 0.375. The molecule has 114 valence electrons. The van der Waals surface area contributed by atoms with E-state index in [1.165, 1.54) is 10.9 Å². The fourth-order valence-electron chi connectivity index (χ4n) is 2.52. The van der Waals surface area contributed by atoms with Crippen molar-refractivity contribution in [2.45, 2.75) is 32.0 Å². The van der Waals surface area contributed by atoms with Crippen molar-refractivity contribution in [3.05, 3.63) is 56.4 Å². The van der Waals surface area contributed by atoms with Gasteiger partial charge < -0.3 is 5.73 Å². The number of hydrogen-bond donors (Lipinski definition) is 1. The van der Waals surface area contributed by atoms with E-state index in [1.807, 2.05) is 13.1 Å². The molecule has 2 aromatic rings. The first-order valence-electron chi connectivity index (χ1n) is 6.95. The molecule has 0 saturated heterocycles. The van der Waals surface area contributed by atoms with Crippen LogP contribution in [0.4, 0.5) is 4.39 Å². The highest BCUT2D eigenvalue weighted by molar-refractivity contribution is 9.10. The van der Waals surface area contributed by atoms with Crippen molar-refractivity contribution in [3.63, 3.8) is 0 Å². The summed E-state index contributed by atoms with van der Waals surface area (Å²) in [5.41, 5.74) is 7.22. The van der Waals surface area contributed by atoms with E-state index >= 15 is 0 Å². The molecule has 0 aliphatic heterocycles. The minimum Gasteiger partial charge on any atom is -0.326 e. The van der Waals surface area contributed by atoms with Gasteiger partial charge in [0.2, 0.25) is 0 Å². The van der Waals surface area contributed by atoms with Crippen LogP contribution in [0.2, 0.25) is 0 Å². The summed E-state index contributed by atoms with van der Waals surface area (Å²) in [6.07, 6.45) is 0.847. The van der Waals surface area contributed by atoms with E-state index in [0.717, 1.165) is 23.0 Å². The zero-order chi connectivity index (χ0) is 15.4. The third-order valence-corrected chi connectivity index (χ3v) is 5.25. The van der Waals surface area contributed by atoms with Gasteiger partial charge in [0, 0.05) is 27.3 Å². The molecule has 2 unspecified atom stereocenters. The Labute approximate surface area is 137 Å². The van der Waals surface area contributed by atoms with Crippen LogP contribution in [0.5, 0.6) is 0 Å². The van der Waals surface area contributed by atoms with Crippen LogP contribution in [-0.2, 0) is 6.54 Å². The number of halogens is 2. The van der Waals surface area contributed by atoms with E-state index in [1.54, 1.807) is 23.5 Å². The molecule has 0 fully saturated rings. The van der Waals surface area contributed by atoms with Crippen LogP contribution >= 0.6 is 27.3 Å². The molecule has 0 bridgehead atoms. The number of thiophene rings is 1. The van der Waals surface area contributed by atoms with E-state index in [-0.39, 0.29) is 17.9 Å². The Balaban J connectivity index is 2.23. The molecule has 0 radical (unpaired) electrons. The predicted molar refractivity (Wildman–Crippen MR) is 90.9 cm³/mol. The Morgan fingerprint density at radius 1 is 1.38 bits per heavy atom. The van der Waals surface area contributed by atoms with Gasteiger partial charge in [-0.25, -0.2) is 4.39 Å². The quantitative estimate of drug-likeness (QED) is 0.807.